The average molecular weight is 186 g/mol. The van der Waals surface area contributed by atoms with Crippen molar-refractivity contribution < 1.29 is 0 Å². The molecule has 0 saturated heterocycles. The van der Waals surface area contributed by atoms with Gasteiger partial charge in [0.05, 0.1) is 6.07 Å². The molecule has 52 valence electrons. The Balaban J connectivity index is 4.14. The maximum absolute atomic E-state index is 8.40. The lowest BCUT2D eigenvalue weighted by Crippen LogP contribution is -2.25. The minimum absolute atomic E-state index is 0.447. The third kappa shape index (κ3) is 2.21. The van der Waals surface area contributed by atoms with Gasteiger partial charge in [0.1, 0.15) is 4.84 Å². The monoisotopic (exact) mass is 185 g/mol. The van der Waals surface area contributed by atoms with Crippen molar-refractivity contribution in [1.82, 2.24) is 0 Å². The zero-order valence-corrected chi connectivity index (χ0v) is 7.13. The Hall–Kier alpha value is 0.360. The maximum Gasteiger partial charge on any atom is 0.160 e. The number of nitrogens with zero attached hydrogens (tertiary/aromatic N) is 1. The first-order valence-corrected chi connectivity index (χ1v) is 3.70. The van der Waals surface area contributed by atoms with Gasteiger partial charge < -0.3 is 0 Å². The quantitative estimate of drug-likeness (QED) is 0.608. The van der Waals surface area contributed by atoms with Crippen LogP contribution in [-0.2, 0) is 0 Å². The van der Waals surface area contributed by atoms with Crippen LogP contribution in [0.4, 0.5) is 0 Å². The van der Waals surface area contributed by atoms with Crippen LogP contribution in [0.2, 0.25) is 0 Å². The van der Waals surface area contributed by atoms with Gasteiger partial charge in [0.2, 0.25) is 0 Å². The molecule has 0 amide bonds. The van der Waals surface area contributed by atoms with Crippen molar-refractivity contribution in [2.75, 3.05) is 0 Å². The molecule has 0 aromatic rings. The summed E-state index contributed by atoms with van der Waals surface area (Å²) in [5.74, 6) is 0. The Morgan fingerprint density at radius 3 is 2.11 bits per heavy atom. The molecule has 0 aliphatic carbocycles. The highest BCUT2D eigenvalue weighted by molar-refractivity contribution is 6.50. The minimum atomic E-state index is -1.11. The van der Waals surface area contributed by atoms with E-state index in [0.29, 0.717) is 6.42 Å². The van der Waals surface area contributed by atoms with E-state index >= 15 is 0 Å². The lowest BCUT2D eigenvalue weighted by atomic mass is 10.1. The molecule has 0 saturated carbocycles. The lowest BCUT2D eigenvalue weighted by Gasteiger charge is -2.16. The van der Waals surface area contributed by atoms with Crippen molar-refractivity contribution in [3.8, 4) is 6.07 Å². The van der Waals surface area contributed by atoms with E-state index in [9.17, 15) is 0 Å². The summed E-state index contributed by atoms with van der Waals surface area (Å²) in [6, 6.07) is 1.83. The van der Waals surface area contributed by atoms with Crippen LogP contribution < -0.4 is 0 Å². The molecule has 9 heavy (non-hydrogen) atoms. The van der Waals surface area contributed by atoms with E-state index in [1.165, 1.54) is 0 Å². The highest BCUT2D eigenvalue weighted by atomic mass is 35.5. The van der Waals surface area contributed by atoms with Gasteiger partial charge in [-0.1, -0.05) is 18.5 Å². The number of hydrogen-bond acceptors (Lipinski definition) is 1. The molecule has 0 aromatic carbocycles. The topological polar surface area (TPSA) is 23.8 Å². The molecule has 0 heterocycles. The van der Waals surface area contributed by atoms with Crippen LogP contribution in [0, 0.1) is 11.3 Å². The molecule has 0 spiro atoms. The number of hydrogen-bond donors (Lipinski definition) is 0. The van der Waals surface area contributed by atoms with Gasteiger partial charge >= 0.3 is 0 Å². The fourth-order valence-electron chi connectivity index (χ4n) is 0.282. The Kier molecular flexibility index (Phi) is 3.65. The Labute approximate surface area is 69.5 Å². The molecule has 4 heteroatoms. The molecule has 0 fully saturated rings. The summed E-state index contributed by atoms with van der Waals surface area (Å²) < 4.78 is 0. The lowest BCUT2D eigenvalue weighted by molar-refractivity contribution is 0.732. The summed E-state index contributed by atoms with van der Waals surface area (Å²) in [5.41, 5.74) is 0. The summed E-state index contributed by atoms with van der Waals surface area (Å²) in [6.45, 7) is 1.76. The molecule has 0 radical (unpaired) electrons. The van der Waals surface area contributed by atoms with Gasteiger partial charge in [-0.2, -0.15) is 5.26 Å². The second kappa shape index (κ2) is 3.51. The number of alkyl halides is 3. The molecular formula is C5H6Cl3N. The van der Waals surface area contributed by atoms with E-state index in [0.717, 1.165) is 0 Å². The second-order valence-electron chi connectivity index (χ2n) is 1.63. The van der Waals surface area contributed by atoms with E-state index in [4.69, 9.17) is 40.1 Å². The van der Waals surface area contributed by atoms with E-state index < -0.39 is 9.71 Å². The van der Waals surface area contributed by atoms with Crippen molar-refractivity contribution in [1.29, 1.82) is 5.26 Å². The molecular weight excluding hydrogens is 180 g/mol. The second-order valence-corrected chi connectivity index (χ2v) is 3.40. The highest BCUT2D eigenvalue weighted by Gasteiger charge is 2.32. The van der Waals surface area contributed by atoms with E-state index in [1.807, 2.05) is 6.07 Å². The Morgan fingerprint density at radius 1 is 1.67 bits per heavy atom. The van der Waals surface area contributed by atoms with Gasteiger partial charge in [-0.25, -0.2) is 0 Å². The van der Waals surface area contributed by atoms with Gasteiger partial charge in [-0.15, -0.1) is 23.2 Å². The van der Waals surface area contributed by atoms with Gasteiger partial charge in [0, 0.05) is 0 Å². The molecule has 0 rings (SSSR count). The number of rotatable bonds is 2. The standard InChI is InChI=1S/C5H6Cl3N/c1-2-5(8,3-9)4(6)7/h4H,2H2,1H3. The Bertz CT molecular complexity index is 129. The normalized spacial score (nSPS) is 16.9. The summed E-state index contributed by atoms with van der Waals surface area (Å²) in [6.07, 6.45) is 0.447. The zero-order chi connectivity index (χ0) is 7.49. The minimum Gasteiger partial charge on any atom is -0.196 e. The van der Waals surface area contributed by atoms with Crippen molar-refractivity contribution in [2.45, 2.75) is 23.1 Å². The molecule has 1 nitrogen and oxygen atoms in total. The Morgan fingerprint density at radius 2 is 2.11 bits per heavy atom. The fourth-order valence-corrected chi connectivity index (χ4v) is 0.688. The third-order valence-corrected chi connectivity index (χ3v) is 2.58. The predicted octanol–water partition coefficient (Wildman–Crippen LogP) is 2.70. The van der Waals surface area contributed by atoms with E-state index in [-0.39, 0.29) is 0 Å². The van der Waals surface area contributed by atoms with Gasteiger partial charge in [0.25, 0.3) is 0 Å². The zero-order valence-electron chi connectivity index (χ0n) is 4.87. The first kappa shape index (κ1) is 9.36. The van der Waals surface area contributed by atoms with E-state index in [2.05, 4.69) is 0 Å². The summed E-state index contributed by atoms with van der Waals surface area (Å²) in [4.78, 5) is -1.93. The maximum atomic E-state index is 8.40. The third-order valence-electron chi connectivity index (χ3n) is 1.05. The SMILES string of the molecule is CCC(Cl)(C#N)C(Cl)Cl. The summed E-state index contributed by atoms with van der Waals surface area (Å²) in [5, 5.41) is 8.40. The molecule has 1 atom stereocenters. The number of halogens is 3. The molecule has 0 aliphatic heterocycles. The molecule has 1 unspecified atom stereocenters. The van der Waals surface area contributed by atoms with Crippen molar-refractivity contribution in [3.05, 3.63) is 0 Å². The first-order valence-electron chi connectivity index (χ1n) is 2.45. The van der Waals surface area contributed by atoms with Gasteiger partial charge in [-0.3, -0.25) is 0 Å². The van der Waals surface area contributed by atoms with Crippen LogP contribution in [0.3, 0.4) is 0 Å². The van der Waals surface area contributed by atoms with Crippen molar-refractivity contribution in [3.63, 3.8) is 0 Å². The van der Waals surface area contributed by atoms with E-state index in [1.54, 1.807) is 6.92 Å². The molecule has 0 aromatic heterocycles. The molecule has 0 aliphatic rings. The molecule has 0 bridgehead atoms. The van der Waals surface area contributed by atoms with Crippen LogP contribution in [0.15, 0.2) is 0 Å². The highest BCUT2D eigenvalue weighted by Crippen LogP contribution is 2.29. The van der Waals surface area contributed by atoms with Crippen LogP contribution in [0.25, 0.3) is 0 Å². The van der Waals surface area contributed by atoms with Gasteiger partial charge in [-0.05, 0) is 6.42 Å². The summed E-state index contributed by atoms with van der Waals surface area (Å²) >= 11 is 16.4. The van der Waals surface area contributed by atoms with Crippen LogP contribution in [0.5, 0.6) is 0 Å². The average Bonchev–Trinajstić information content (AvgIpc) is 1.86. The van der Waals surface area contributed by atoms with Gasteiger partial charge in [0.15, 0.2) is 4.87 Å². The smallest absolute Gasteiger partial charge is 0.160 e. The fraction of sp³-hybridized carbons (Fsp3) is 0.800. The van der Waals surface area contributed by atoms with Crippen molar-refractivity contribution in [2.24, 2.45) is 0 Å². The van der Waals surface area contributed by atoms with Crippen LogP contribution >= 0.6 is 34.8 Å². The van der Waals surface area contributed by atoms with Crippen LogP contribution in [0.1, 0.15) is 13.3 Å². The van der Waals surface area contributed by atoms with Crippen molar-refractivity contribution >= 4 is 34.8 Å². The first-order chi connectivity index (χ1) is 4.06. The van der Waals surface area contributed by atoms with Crippen LogP contribution in [-0.4, -0.2) is 9.71 Å². The summed E-state index contributed by atoms with van der Waals surface area (Å²) in [7, 11) is 0. The number of nitriles is 1. The largest absolute Gasteiger partial charge is 0.196 e. The predicted molar refractivity (Wildman–Crippen MR) is 40.0 cm³/mol. The molecule has 0 N–H and O–H groups in total.